The number of benzene rings is 2. The molecule has 0 aromatic heterocycles. The lowest BCUT2D eigenvalue weighted by molar-refractivity contribution is -0.140. The maximum atomic E-state index is 12.8. The summed E-state index contributed by atoms with van der Waals surface area (Å²) in [7, 11) is 1.51. The summed E-state index contributed by atoms with van der Waals surface area (Å²) in [6.07, 6.45) is 1.62. The second-order valence-electron chi connectivity index (χ2n) is 6.62. The predicted molar refractivity (Wildman–Crippen MR) is 111 cm³/mol. The first-order chi connectivity index (χ1) is 14.5. The van der Waals surface area contributed by atoms with Gasteiger partial charge in [-0.3, -0.25) is 9.59 Å². The molecule has 1 saturated heterocycles. The zero-order chi connectivity index (χ0) is 21.7. The van der Waals surface area contributed by atoms with Crippen molar-refractivity contribution in [1.82, 2.24) is 4.90 Å². The van der Waals surface area contributed by atoms with Crippen LogP contribution < -0.4 is 9.47 Å². The first-order valence-electron chi connectivity index (χ1n) is 9.39. The van der Waals surface area contributed by atoms with Crippen LogP contribution in [0.4, 0.5) is 0 Å². The van der Waals surface area contributed by atoms with Crippen LogP contribution in [0.1, 0.15) is 17.2 Å². The molecule has 30 heavy (non-hydrogen) atoms. The van der Waals surface area contributed by atoms with E-state index in [4.69, 9.17) is 9.47 Å². The van der Waals surface area contributed by atoms with Gasteiger partial charge in [0.25, 0.3) is 11.7 Å². The number of hydrogen-bond acceptors (Lipinski definition) is 6. The van der Waals surface area contributed by atoms with Crippen LogP contribution in [0, 0.1) is 0 Å². The number of carbonyl (C=O) groups is 2. The van der Waals surface area contributed by atoms with E-state index in [2.05, 4.69) is 6.58 Å². The second-order valence-corrected chi connectivity index (χ2v) is 6.62. The van der Waals surface area contributed by atoms with Crippen molar-refractivity contribution >= 4 is 17.4 Å². The normalized spacial score (nSPS) is 17.8. The summed E-state index contributed by atoms with van der Waals surface area (Å²) in [5, 5.41) is 20.4. The Bertz CT molecular complexity index is 979. The SMILES string of the molecule is C=CCOc1ccc(C(O)=C2C(=O)C(=O)N(CCO)[C@@H]2c2cccc(OC)c2)cc1. The van der Waals surface area contributed by atoms with Crippen molar-refractivity contribution in [2.45, 2.75) is 6.04 Å². The highest BCUT2D eigenvalue weighted by atomic mass is 16.5. The van der Waals surface area contributed by atoms with Gasteiger partial charge in [-0.05, 0) is 42.0 Å². The molecule has 1 aliphatic heterocycles. The van der Waals surface area contributed by atoms with E-state index in [1.807, 2.05) is 0 Å². The molecule has 0 bridgehead atoms. The van der Waals surface area contributed by atoms with E-state index in [9.17, 15) is 19.8 Å². The number of rotatable bonds is 8. The summed E-state index contributed by atoms with van der Waals surface area (Å²) in [4.78, 5) is 26.7. The number of aliphatic hydroxyl groups is 2. The number of methoxy groups -OCH3 is 1. The van der Waals surface area contributed by atoms with Gasteiger partial charge in [-0.25, -0.2) is 0 Å². The minimum atomic E-state index is -0.844. The zero-order valence-corrected chi connectivity index (χ0v) is 16.6. The zero-order valence-electron chi connectivity index (χ0n) is 16.6. The van der Waals surface area contributed by atoms with Crippen LogP contribution in [0.2, 0.25) is 0 Å². The van der Waals surface area contributed by atoms with E-state index in [0.29, 0.717) is 29.2 Å². The van der Waals surface area contributed by atoms with Gasteiger partial charge in [0.1, 0.15) is 23.9 Å². The van der Waals surface area contributed by atoms with Gasteiger partial charge in [-0.2, -0.15) is 0 Å². The predicted octanol–water partition coefficient (Wildman–Crippen LogP) is 2.67. The fraction of sp³-hybridized carbons (Fsp3) is 0.217. The average molecular weight is 409 g/mol. The molecule has 7 heteroatoms. The Kier molecular flexibility index (Phi) is 6.54. The van der Waals surface area contributed by atoms with Crippen LogP contribution >= 0.6 is 0 Å². The fourth-order valence-electron chi connectivity index (χ4n) is 3.40. The van der Waals surface area contributed by atoms with Crippen molar-refractivity contribution in [2.75, 3.05) is 26.9 Å². The van der Waals surface area contributed by atoms with Crippen LogP contribution in [0.15, 0.2) is 66.8 Å². The number of aliphatic hydroxyl groups excluding tert-OH is 2. The highest BCUT2D eigenvalue weighted by Crippen LogP contribution is 2.40. The van der Waals surface area contributed by atoms with E-state index in [1.165, 1.54) is 12.0 Å². The number of ketones is 1. The molecular formula is C23H23NO6. The third kappa shape index (κ3) is 4.06. The topological polar surface area (TPSA) is 96.3 Å². The maximum Gasteiger partial charge on any atom is 0.295 e. The molecule has 2 N–H and O–H groups in total. The van der Waals surface area contributed by atoms with Crippen LogP contribution in [0.3, 0.4) is 0 Å². The average Bonchev–Trinajstić information content (AvgIpc) is 3.03. The first kappa shape index (κ1) is 21.1. The number of amides is 1. The molecule has 1 atom stereocenters. The highest BCUT2D eigenvalue weighted by Gasteiger charge is 2.45. The largest absolute Gasteiger partial charge is 0.507 e. The van der Waals surface area contributed by atoms with Gasteiger partial charge in [0.2, 0.25) is 0 Å². The number of nitrogens with zero attached hydrogens (tertiary/aromatic N) is 1. The standard InChI is InChI=1S/C23H23NO6/c1-3-13-30-17-9-7-15(8-10-17)21(26)19-20(16-5-4-6-18(14-16)29-2)24(11-12-25)23(28)22(19)27/h3-10,14,20,25-26H,1,11-13H2,2H3/t20-/m1/s1. The molecule has 0 spiro atoms. The first-order valence-corrected chi connectivity index (χ1v) is 9.39. The quantitative estimate of drug-likeness (QED) is 0.301. The van der Waals surface area contributed by atoms with Crippen molar-refractivity contribution < 1.29 is 29.3 Å². The molecule has 0 unspecified atom stereocenters. The highest BCUT2D eigenvalue weighted by molar-refractivity contribution is 6.46. The number of carbonyl (C=O) groups excluding carboxylic acids is 2. The van der Waals surface area contributed by atoms with Gasteiger partial charge in [0.05, 0.1) is 25.3 Å². The summed E-state index contributed by atoms with van der Waals surface area (Å²) in [6, 6.07) is 12.6. The van der Waals surface area contributed by atoms with Crippen LogP contribution in [-0.4, -0.2) is 53.7 Å². The lowest BCUT2D eigenvalue weighted by atomic mass is 9.95. The third-order valence-corrected chi connectivity index (χ3v) is 4.79. The Morgan fingerprint density at radius 3 is 2.53 bits per heavy atom. The summed E-state index contributed by atoms with van der Waals surface area (Å²) < 4.78 is 10.7. The molecule has 0 radical (unpaired) electrons. The second kappa shape index (κ2) is 9.28. The number of Topliss-reactive ketones (excluding diaryl/α,β-unsaturated/α-hetero) is 1. The third-order valence-electron chi connectivity index (χ3n) is 4.79. The molecule has 156 valence electrons. The van der Waals surface area contributed by atoms with Gasteiger partial charge >= 0.3 is 0 Å². The number of likely N-dealkylation sites (tertiary alicyclic amines) is 1. The molecule has 2 aromatic carbocycles. The van der Waals surface area contributed by atoms with Crippen LogP contribution in [0.25, 0.3) is 5.76 Å². The van der Waals surface area contributed by atoms with Crippen molar-refractivity contribution in [2.24, 2.45) is 0 Å². The fourth-order valence-corrected chi connectivity index (χ4v) is 3.40. The van der Waals surface area contributed by atoms with E-state index < -0.39 is 17.7 Å². The maximum absolute atomic E-state index is 12.8. The molecule has 0 aliphatic carbocycles. The lowest BCUT2D eigenvalue weighted by Crippen LogP contribution is -2.32. The summed E-state index contributed by atoms with van der Waals surface area (Å²) in [5.41, 5.74) is 0.923. The van der Waals surface area contributed by atoms with Crippen LogP contribution in [0.5, 0.6) is 11.5 Å². The summed E-state index contributed by atoms with van der Waals surface area (Å²) in [6.45, 7) is 3.57. The summed E-state index contributed by atoms with van der Waals surface area (Å²) >= 11 is 0. The molecule has 1 fully saturated rings. The molecule has 1 amide bonds. The van der Waals surface area contributed by atoms with Gasteiger partial charge in [-0.1, -0.05) is 24.8 Å². The number of ether oxygens (including phenoxy) is 2. The van der Waals surface area contributed by atoms with E-state index >= 15 is 0 Å². The Hall–Kier alpha value is -3.58. The molecule has 7 nitrogen and oxygen atoms in total. The van der Waals surface area contributed by atoms with Crippen molar-refractivity contribution in [3.63, 3.8) is 0 Å². The molecule has 2 aromatic rings. The molecule has 1 heterocycles. The van der Waals surface area contributed by atoms with Gasteiger partial charge in [0.15, 0.2) is 0 Å². The number of β-amino-alcohol motifs (C(OH)–C–C–N with tert-alkyl or cyclic N) is 1. The molecule has 0 saturated carbocycles. The van der Waals surface area contributed by atoms with Gasteiger partial charge in [-0.15, -0.1) is 0 Å². The summed E-state index contributed by atoms with van der Waals surface area (Å²) in [5.74, 6) is -0.746. The van der Waals surface area contributed by atoms with Crippen molar-refractivity contribution in [3.05, 3.63) is 77.9 Å². The van der Waals surface area contributed by atoms with Crippen LogP contribution in [-0.2, 0) is 9.59 Å². The smallest absolute Gasteiger partial charge is 0.295 e. The van der Waals surface area contributed by atoms with E-state index in [0.717, 1.165) is 0 Å². The van der Waals surface area contributed by atoms with Gasteiger partial charge in [0, 0.05) is 12.1 Å². The molecular weight excluding hydrogens is 386 g/mol. The van der Waals surface area contributed by atoms with E-state index in [1.54, 1.807) is 54.6 Å². The minimum absolute atomic E-state index is 0.0403. The Balaban J connectivity index is 2.09. The van der Waals surface area contributed by atoms with Crippen molar-refractivity contribution in [1.29, 1.82) is 0 Å². The minimum Gasteiger partial charge on any atom is -0.507 e. The van der Waals surface area contributed by atoms with E-state index in [-0.39, 0.29) is 24.5 Å². The molecule has 3 rings (SSSR count). The van der Waals surface area contributed by atoms with Crippen molar-refractivity contribution in [3.8, 4) is 11.5 Å². The lowest BCUT2D eigenvalue weighted by Gasteiger charge is -2.24. The monoisotopic (exact) mass is 409 g/mol. The number of hydrogen-bond donors (Lipinski definition) is 2. The molecule has 1 aliphatic rings. The Morgan fingerprint density at radius 1 is 1.17 bits per heavy atom. The Labute approximate surface area is 174 Å². The van der Waals surface area contributed by atoms with Gasteiger partial charge < -0.3 is 24.6 Å². The Morgan fingerprint density at radius 2 is 1.90 bits per heavy atom.